The van der Waals surface area contributed by atoms with Crippen molar-refractivity contribution in [3.63, 3.8) is 0 Å². The molecule has 4 nitrogen and oxygen atoms in total. The lowest BCUT2D eigenvalue weighted by molar-refractivity contribution is -0.144. The minimum Gasteiger partial charge on any atom is -0.481 e. The molecule has 4 heteroatoms. The van der Waals surface area contributed by atoms with Crippen molar-refractivity contribution in [2.24, 2.45) is 11.7 Å². The zero-order valence-corrected chi connectivity index (χ0v) is 8.23. The highest BCUT2D eigenvalue weighted by Gasteiger charge is 2.32. The van der Waals surface area contributed by atoms with Crippen LogP contribution >= 0.6 is 0 Å². The first-order valence-electron chi connectivity index (χ1n) is 4.74. The standard InChI is InChI=1S/C9H18N2O2/c1-6(2)11-4-3-8(10)7(5-11)9(12)13/h6-8H,3-5,10H2,1-2H3,(H,12,13)/t7?,8-/m1/s1. The van der Waals surface area contributed by atoms with E-state index in [0.29, 0.717) is 12.6 Å². The fraction of sp³-hybridized carbons (Fsp3) is 0.889. The van der Waals surface area contributed by atoms with Gasteiger partial charge in [0.05, 0.1) is 5.92 Å². The molecule has 13 heavy (non-hydrogen) atoms. The smallest absolute Gasteiger partial charge is 0.309 e. The molecule has 1 rings (SSSR count). The monoisotopic (exact) mass is 186 g/mol. The summed E-state index contributed by atoms with van der Waals surface area (Å²) in [4.78, 5) is 13.0. The molecule has 1 saturated heterocycles. The molecule has 76 valence electrons. The molecule has 3 N–H and O–H groups in total. The van der Waals surface area contributed by atoms with Crippen LogP contribution in [-0.2, 0) is 4.79 Å². The van der Waals surface area contributed by atoms with Crippen molar-refractivity contribution in [1.82, 2.24) is 4.90 Å². The van der Waals surface area contributed by atoms with Gasteiger partial charge in [0.15, 0.2) is 0 Å². The van der Waals surface area contributed by atoms with Gasteiger partial charge in [0.2, 0.25) is 0 Å². The average molecular weight is 186 g/mol. The number of nitrogens with two attached hydrogens (primary N) is 1. The van der Waals surface area contributed by atoms with Crippen molar-refractivity contribution in [2.45, 2.75) is 32.4 Å². The van der Waals surface area contributed by atoms with Gasteiger partial charge in [-0.2, -0.15) is 0 Å². The fourth-order valence-electron chi connectivity index (χ4n) is 1.73. The van der Waals surface area contributed by atoms with Gasteiger partial charge < -0.3 is 10.8 Å². The molecule has 0 saturated carbocycles. The molecule has 0 aromatic heterocycles. The van der Waals surface area contributed by atoms with E-state index in [1.54, 1.807) is 0 Å². The maximum Gasteiger partial charge on any atom is 0.309 e. The summed E-state index contributed by atoms with van der Waals surface area (Å²) in [5.74, 6) is -1.16. The summed E-state index contributed by atoms with van der Waals surface area (Å²) in [5, 5.41) is 8.90. The minimum absolute atomic E-state index is 0.174. The zero-order chi connectivity index (χ0) is 10.0. The van der Waals surface area contributed by atoms with E-state index >= 15 is 0 Å². The first-order chi connectivity index (χ1) is 6.02. The van der Waals surface area contributed by atoms with Crippen LogP contribution in [0.5, 0.6) is 0 Å². The van der Waals surface area contributed by atoms with Crippen LogP contribution in [0, 0.1) is 5.92 Å². The first-order valence-corrected chi connectivity index (χ1v) is 4.74. The number of hydrogen-bond donors (Lipinski definition) is 2. The van der Waals surface area contributed by atoms with Crippen LogP contribution in [0.15, 0.2) is 0 Å². The van der Waals surface area contributed by atoms with E-state index in [9.17, 15) is 4.79 Å². The molecular formula is C9H18N2O2. The molecular weight excluding hydrogens is 168 g/mol. The Labute approximate surface area is 78.7 Å². The zero-order valence-electron chi connectivity index (χ0n) is 8.23. The average Bonchev–Trinajstić information content (AvgIpc) is 2.04. The summed E-state index contributed by atoms with van der Waals surface area (Å²) in [6.45, 7) is 5.67. The maximum atomic E-state index is 10.8. The lowest BCUT2D eigenvalue weighted by atomic mass is 9.92. The Kier molecular flexibility index (Phi) is 3.27. The highest BCUT2D eigenvalue weighted by atomic mass is 16.4. The number of likely N-dealkylation sites (tertiary alicyclic amines) is 1. The molecule has 0 radical (unpaired) electrons. The molecule has 1 aliphatic heterocycles. The third kappa shape index (κ3) is 2.42. The number of nitrogens with zero attached hydrogens (tertiary/aromatic N) is 1. The van der Waals surface area contributed by atoms with Crippen molar-refractivity contribution in [2.75, 3.05) is 13.1 Å². The molecule has 0 bridgehead atoms. The largest absolute Gasteiger partial charge is 0.481 e. The van der Waals surface area contributed by atoms with Gasteiger partial charge in [-0.1, -0.05) is 0 Å². The van der Waals surface area contributed by atoms with Crippen LogP contribution in [0.25, 0.3) is 0 Å². The summed E-state index contributed by atoms with van der Waals surface area (Å²) in [7, 11) is 0. The Morgan fingerprint density at radius 2 is 2.23 bits per heavy atom. The van der Waals surface area contributed by atoms with E-state index in [1.165, 1.54) is 0 Å². The van der Waals surface area contributed by atoms with Crippen molar-refractivity contribution in [3.05, 3.63) is 0 Å². The van der Waals surface area contributed by atoms with Gasteiger partial charge >= 0.3 is 5.97 Å². The minimum atomic E-state index is -0.766. The Morgan fingerprint density at radius 3 is 2.69 bits per heavy atom. The van der Waals surface area contributed by atoms with E-state index < -0.39 is 11.9 Å². The molecule has 1 fully saturated rings. The SMILES string of the molecule is CC(C)N1CC[C@@H](N)C(C(=O)O)C1. The van der Waals surface area contributed by atoms with Crippen molar-refractivity contribution in [1.29, 1.82) is 0 Å². The molecule has 0 aromatic rings. The molecule has 0 amide bonds. The van der Waals surface area contributed by atoms with Gasteiger partial charge in [-0.05, 0) is 26.8 Å². The second kappa shape index (κ2) is 4.07. The van der Waals surface area contributed by atoms with Crippen molar-refractivity contribution >= 4 is 5.97 Å². The van der Waals surface area contributed by atoms with Crippen molar-refractivity contribution < 1.29 is 9.90 Å². The van der Waals surface area contributed by atoms with Gasteiger partial charge in [-0.25, -0.2) is 0 Å². The third-order valence-corrected chi connectivity index (χ3v) is 2.75. The van der Waals surface area contributed by atoms with Gasteiger partial charge in [0.1, 0.15) is 0 Å². The van der Waals surface area contributed by atoms with Gasteiger partial charge in [-0.15, -0.1) is 0 Å². The number of aliphatic carboxylic acids is 1. The Hall–Kier alpha value is -0.610. The Balaban J connectivity index is 2.58. The summed E-state index contributed by atoms with van der Waals surface area (Å²) < 4.78 is 0. The van der Waals surface area contributed by atoms with Crippen LogP contribution in [0.4, 0.5) is 0 Å². The summed E-state index contributed by atoms with van der Waals surface area (Å²) in [6.07, 6.45) is 0.787. The third-order valence-electron chi connectivity index (χ3n) is 2.75. The van der Waals surface area contributed by atoms with Crippen LogP contribution in [0.3, 0.4) is 0 Å². The van der Waals surface area contributed by atoms with Crippen LogP contribution in [-0.4, -0.2) is 41.1 Å². The number of hydrogen-bond acceptors (Lipinski definition) is 3. The quantitative estimate of drug-likeness (QED) is 0.643. The molecule has 1 unspecified atom stereocenters. The second-order valence-electron chi connectivity index (χ2n) is 3.99. The predicted octanol–water partition coefficient (Wildman–Crippen LogP) is 0.129. The highest BCUT2D eigenvalue weighted by molar-refractivity contribution is 5.71. The summed E-state index contributed by atoms with van der Waals surface area (Å²) in [5.41, 5.74) is 5.73. The molecule has 0 aromatic carbocycles. The topological polar surface area (TPSA) is 66.6 Å². The van der Waals surface area contributed by atoms with Crippen LogP contribution < -0.4 is 5.73 Å². The lowest BCUT2D eigenvalue weighted by Crippen LogP contribution is -2.52. The van der Waals surface area contributed by atoms with E-state index in [1.807, 2.05) is 0 Å². The van der Waals surface area contributed by atoms with Crippen LogP contribution in [0.2, 0.25) is 0 Å². The van der Waals surface area contributed by atoms with E-state index in [4.69, 9.17) is 10.8 Å². The van der Waals surface area contributed by atoms with Crippen LogP contribution in [0.1, 0.15) is 20.3 Å². The Bertz CT molecular complexity index is 194. The summed E-state index contributed by atoms with van der Waals surface area (Å²) in [6, 6.07) is 0.238. The fourth-order valence-corrected chi connectivity index (χ4v) is 1.73. The number of carboxylic acid groups (broad SMARTS) is 1. The maximum absolute atomic E-state index is 10.8. The van der Waals surface area contributed by atoms with E-state index in [0.717, 1.165) is 13.0 Å². The lowest BCUT2D eigenvalue weighted by Gasteiger charge is -2.37. The van der Waals surface area contributed by atoms with Crippen molar-refractivity contribution in [3.8, 4) is 0 Å². The van der Waals surface area contributed by atoms with Gasteiger partial charge in [-0.3, -0.25) is 9.69 Å². The second-order valence-corrected chi connectivity index (χ2v) is 3.99. The number of carbonyl (C=O) groups is 1. The highest BCUT2D eigenvalue weighted by Crippen LogP contribution is 2.17. The van der Waals surface area contributed by atoms with E-state index in [2.05, 4.69) is 18.7 Å². The number of piperidine rings is 1. The Morgan fingerprint density at radius 1 is 1.62 bits per heavy atom. The number of carboxylic acids is 1. The summed E-state index contributed by atoms with van der Waals surface area (Å²) >= 11 is 0. The number of rotatable bonds is 2. The molecule has 0 aliphatic carbocycles. The van der Waals surface area contributed by atoms with E-state index in [-0.39, 0.29) is 6.04 Å². The molecule has 1 aliphatic rings. The molecule has 0 spiro atoms. The van der Waals surface area contributed by atoms with Gasteiger partial charge in [0.25, 0.3) is 0 Å². The molecule has 2 atom stereocenters. The van der Waals surface area contributed by atoms with Gasteiger partial charge in [0, 0.05) is 18.6 Å². The molecule has 1 heterocycles. The normalized spacial score (nSPS) is 30.8. The first kappa shape index (κ1) is 10.5. The predicted molar refractivity (Wildman–Crippen MR) is 50.4 cm³/mol.